The number of nitrogens with zero attached hydrogens (tertiary/aromatic N) is 1. The summed E-state index contributed by atoms with van der Waals surface area (Å²) in [5.41, 5.74) is 3.37. The Morgan fingerprint density at radius 2 is 1.59 bits per heavy atom. The van der Waals surface area contributed by atoms with Crippen molar-refractivity contribution in [2.24, 2.45) is 0 Å². The summed E-state index contributed by atoms with van der Waals surface area (Å²) in [7, 11) is -3.62. The Balaban J connectivity index is 1.76. The Bertz CT molecular complexity index is 1210. The second-order valence-electron chi connectivity index (χ2n) is 7.77. The summed E-state index contributed by atoms with van der Waals surface area (Å²) >= 11 is 12.3. The molecule has 3 rings (SSSR count). The van der Waals surface area contributed by atoms with Crippen LogP contribution >= 0.6 is 23.2 Å². The van der Waals surface area contributed by atoms with Gasteiger partial charge >= 0.3 is 0 Å². The number of sulfonamides is 1. The summed E-state index contributed by atoms with van der Waals surface area (Å²) < 4.78 is 26.0. The third-order valence-corrected chi connectivity index (χ3v) is 6.91. The fraction of sp³-hybridized carbons (Fsp3) is 0.208. The highest BCUT2D eigenvalue weighted by molar-refractivity contribution is 7.92. The van der Waals surface area contributed by atoms with E-state index in [1.165, 1.54) is 9.87 Å². The van der Waals surface area contributed by atoms with Crippen LogP contribution in [-0.2, 0) is 16.6 Å². The molecule has 0 atom stereocenters. The van der Waals surface area contributed by atoms with E-state index in [2.05, 4.69) is 19.2 Å². The van der Waals surface area contributed by atoms with Gasteiger partial charge in [0, 0.05) is 11.3 Å². The lowest BCUT2D eigenvalue weighted by Gasteiger charge is -2.24. The highest BCUT2D eigenvalue weighted by atomic mass is 35.5. The molecule has 168 valence electrons. The van der Waals surface area contributed by atoms with Crippen molar-refractivity contribution in [2.75, 3.05) is 15.9 Å². The van der Waals surface area contributed by atoms with E-state index in [9.17, 15) is 13.2 Å². The molecule has 0 aliphatic rings. The number of anilines is 2. The lowest BCUT2D eigenvalue weighted by Crippen LogP contribution is -2.29. The van der Waals surface area contributed by atoms with Gasteiger partial charge in [0.1, 0.15) is 0 Å². The van der Waals surface area contributed by atoms with Gasteiger partial charge in [-0.15, -0.1) is 0 Å². The number of carbonyl (C=O) groups excluding carboxylic acids is 1. The monoisotopic (exact) mass is 490 g/mol. The van der Waals surface area contributed by atoms with Crippen molar-refractivity contribution in [3.63, 3.8) is 0 Å². The van der Waals surface area contributed by atoms with Crippen LogP contribution in [0.15, 0.2) is 66.7 Å². The van der Waals surface area contributed by atoms with Gasteiger partial charge in [-0.2, -0.15) is 0 Å². The van der Waals surface area contributed by atoms with Crippen molar-refractivity contribution in [3.8, 4) is 0 Å². The van der Waals surface area contributed by atoms with Crippen LogP contribution in [-0.4, -0.2) is 20.6 Å². The van der Waals surface area contributed by atoms with Crippen molar-refractivity contribution in [2.45, 2.75) is 26.3 Å². The largest absolute Gasteiger partial charge is 0.322 e. The Morgan fingerprint density at radius 1 is 0.969 bits per heavy atom. The topological polar surface area (TPSA) is 66.5 Å². The standard InChI is InChI=1S/C24H24Cl2N2O3S/c1-16(2)18-11-13-20(14-12-18)27-24(29)19-9-7-17(8-10-19)15-28(32(3,30)31)22-6-4-5-21(25)23(22)26/h4-14,16H,15H2,1-3H3,(H,27,29). The van der Waals surface area contributed by atoms with Crippen LogP contribution in [0.4, 0.5) is 11.4 Å². The molecule has 0 aromatic heterocycles. The van der Waals surface area contributed by atoms with E-state index >= 15 is 0 Å². The summed E-state index contributed by atoms with van der Waals surface area (Å²) in [5.74, 6) is 0.173. The minimum absolute atomic E-state index is 0.0530. The van der Waals surface area contributed by atoms with Crippen molar-refractivity contribution in [1.29, 1.82) is 0 Å². The van der Waals surface area contributed by atoms with Crippen molar-refractivity contribution in [3.05, 3.63) is 93.5 Å². The average Bonchev–Trinajstić information content (AvgIpc) is 2.74. The van der Waals surface area contributed by atoms with Gasteiger partial charge < -0.3 is 5.32 Å². The van der Waals surface area contributed by atoms with Crippen molar-refractivity contribution in [1.82, 2.24) is 0 Å². The quantitative estimate of drug-likeness (QED) is 0.420. The summed E-state index contributed by atoms with van der Waals surface area (Å²) in [6, 6.07) is 19.3. The number of carbonyl (C=O) groups is 1. The smallest absolute Gasteiger partial charge is 0.255 e. The number of nitrogens with one attached hydrogen (secondary N) is 1. The maximum Gasteiger partial charge on any atom is 0.255 e. The molecule has 0 heterocycles. The van der Waals surface area contributed by atoms with Crippen LogP contribution in [0.3, 0.4) is 0 Å². The predicted octanol–water partition coefficient (Wildman–Crippen LogP) is 6.34. The molecule has 1 amide bonds. The Hall–Kier alpha value is -2.54. The zero-order valence-electron chi connectivity index (χ0n) is 18.0. The first-order valence-electron chi connectivity index (χ1n) is 9.98. The summed E-state index contributed by atoms with van der Waals surface area (Å²) in [4.78, 5) is 12.6. The van der Waals surface area contributed by atoms with Gasteiger partial charge in [0.2, 0.25) is 10.0 Å². The molecular formula is C24H24Cl2N2O3S. The summed E-state index contributed by atoms with van der Waals surface area (Å²) in [6.45, 7) is 4.28. The molecule has 0 spiro atoms. The molecule has 1 N–H and O–H groups in total. The summed E-state index contributed by atoms with van der Waals surface area (Å²) in [5, 5.41) is 3.31. The lowest BCUT2D eigenvalue weighted by molar-refractivity contribution is 0.102. The van der Waals surface area contributed by atoms with E-state index in [0.717, 1.165) is 6.26 Å². The first kappa shape index (κ1) is 24.1. The molecule has 32 heavy (non-hydrogen) atoms. The number of benzene rings is 3. The molecule has 0 saturated heterocycles. The number of hydrogen-bond donors (Lipinski definition) is 1. The van der Waals surface area contributed by atoms with Gasteiger partial charge in [-0.3, -0.25) is 9.10 Å². The van der Waals surface area contributed by atoms with E-state index in [4.69, 9.17) is 23.2 Å². The van der Waals surface area contributed by atoms with E-state index in [1.807, 2.05) is 24.3 Å². The van der Waals surface area contributed by atoms with E-state index < -0.39 is 10.0 Å². The van der Waals surface area contributed by atoms with E-state index in [-0.39, 0.29) is 22.5 Å². The fourth-order valence-electron chi connectivity index (χ4n) is 3.15. The zero-order valence-corrected chi connectivity index (χ0v) is 20.3. The van der Waals surface area contributed by atoms with E-state index in [0.29, 0.717) is 28.4 Å². The molecule has 5 nitrogen and oxygen atoms in total. The first-order chi connectivity index (χ1) is 15.1. The van der Waals surface area contributed by atoms with Crippen LogP contribution in [0.1, 0.15) is 41.3 Å². The average molecular weight is 491 g/mol. The van der Waals surface area contributed by atoms with Crippen LogP contribution in [0.25, 0.3) is 0 Å². The van der Waals surface area contributed by atoms with Crippen molar-refractivity contribution < 1.29 is 13.2 Å². The molecule has 0 aliphatic heterocycles. The lowest BCUT2D eigenvalue weighted by atomic mass is 10.0. The third kappa shape index (κ3) is 5.82. The summed E-state index contributed by atoms with van der Waals surface area (Å²) in [6.07, 6.45) is 1.11. The third-order valence-electron chi connectivity index (χ3n) is 4.98. The highest BCUT2D eigenvalue weighted by Gasteiger charge is 2.21. The molecule has 8 heteroatoms. The van der Waals surface area contributed by atoms with Crippen molar-refractivity contribution >= 4 is 50.5 Å². The molecule has 3 aromatic carbocycles. The molecule has 0 unspecified atom stereocenters. The van der Waals surface area contributed by atoms with Gasteiger partial charge in [-0.05, 0) is 53.4 Å². The van der Waals surface area contributed by atoms with Gasteiger partial charge in [0.15, 0.2) is 0 Å². The molecule has 0 radical (unpaired) electrons. The maximum absolute atomic E-state index is 12.6. The molecular weight excluding hydrogens is 467 g/mol. The Labute approximate surface area is 199 Å². The normalized spacial score (nSPS) is 11.4. The van der Waals surface area contributed by atoms with Crippen LogP contribution in [0.2, 0.25) is 10.0 Å². The number of halogens is 2. The van der Waals surface area contributed by atoms with Crippen LogP contribution < -0.4 is 9.62 Å². The fourth-order valence-corrected chi connectivity index (χ4v) is 4.49. The minimum Gasteiger partial charge on any atom is -0.322 e. The molecule has 0 saturated carbocycles. The second kappa shape index (κ2) is 9.94. The van der Waals surface area contributed by atoms with Gasteiger partial charge in [0.05, 0.1) is 28.5 Å². The molecule has 3 aromatic rings. The molecule has 0 aliphatic carbocycles. The number of rotatable bonds is 7. The molecule has 0 fully saturated rings. The maximum atomic E-state index is 12.6. The second-order valence-corrected chi connectivity index (χ2v) is 10.5. The number of amides is 1. The minimum atomic E-state index is -3.62. The van der Waals surface area contributed by atoms with Gasteiger partial charge in [-0.1, -0.05) is 67.4 Å². The van der Waals surface area contributed by atoms with Gasteiger partial charge in [0.25, 0.3) is 5.91 Å². The highest BCUT2D eigenvalue weighted by Crippen LogP contribution is 2.34. The number of hydrogen-bond acceptors (Lipinski definition) is 3. The van der Waals surface area contributed by atoms with E-state index in [1.54, 1.807) is 42.5 Å². The SMILES string of the molecule is CC(C)c1ccc(NC(=O)c2ccc(CN(c3cccc(Cl)c3Cl)S(C)(=O)=O)cc2)cc1. The molecule has 0 bridgehead atoms. The first-order valence-corrected chi connectivity index (χ1v) is 12.6. The van der Waals surface area contributed by atoms with Crippen LogP contribution in [0, 0.1) is 0 Å². The van der Waals surface area contributed by atoms with Crippen LogP contribution in [0.5, 0.6) is 0 Å². The Kier molecular flexibility index (Phi) is 7.49. The predicted molar refractivity (Wildman–Crippen MR) is 132 cm³/mol. The van der Waals surface area contributed by atoms with Gasteiger partial charge in [-0.25, -0.2) is 8.42 Å². The Morgan fingerprint density at radius 3 is 2.16 bits per heavy atom. The zero-order chi connectivity index (χ0) is 23.5.